The highest BCUT2D eigenvalue weighted by Gasteiger charge is 2.08. The molecule has 0 saturated carbocycles. The fraction of sp³-hybridized carbons (Fsp3) is 0.300. The fourth-order valence-electron chi connectivity index (χ4n) is 0.972. The SMILES string of the molecule is COCO[C@@H](C#N)c1ccccc1. The normalized spacial score (nSPS) is 12.0. The van der Waals surface area contributed by atoms with E-state index in [1.165, 1.54) is 7.11 Å². The van der Waals surface area contributed by atoms with Crippen LogP contribution in [-0.4, -0.2) is 13.9 Å². The number of nitrogens with zero attached hydrogens (tertiary/aromatic N) is 1. The first-order valence-corrected chi connectivity index (χ1v) is 3.93. The van der Waals surface area contributed by atoms with E-state index in [9.17, 15) is 0 Å². The molecule has 0 amide bonds. The molecule has 1 aromatic carbocycles. The quantitative estimate of drug-likeness (QED) is 0.659. The molecule has 0 aromatic heterocycles. The van der Waals surface area contributed by atoms with E-state index in [1.807, 2.05) is 30.3 Å². The zero-order chi connectivity index (χ0) is 9.52. The van der Waals surface area contributed by atoms with E-state index in [0.717, 1.165) is 5.56 Å². The van der Waals surface area contributed by atoms with Gasteiger partial charge < -0.3 is 9.47 Å². The van der Waals surface area contributed by atoms with Crippen LogP contribution in [0.2, 0.25) is 0 Å². The second kappa shape index (κ2) is 5.31. The van der Waals surface area contributed by atoms with E-state index < -0.39 is 6.10 Å². The van der Waals surface area contributed by atoms with Gasteiger partial charge in [0.1, 0.15) is 6.79 Å². The van der Waals surface area contributed by atoms with Crippen molar-refractivity contribution in [1.29, 1.82) is 5.26 Å². The third-order valence-corrected chi connectivity index (χ3v) is 1.57. The zero-order valence-electron chi connectivity index (χ0n) is 7.43. The smallest absolute Gasteiger partial charge is 0.171 e. The lowest BCUT2D eigenvalue weighted by Gasteiger charge is -2.09. The summed E-state index contributed by atoms with van der Waals surface area (Å²) in [6.45, 7) is 0.132. The van der Waals surface area contributed by atoms with Crippen molar-refractivity contribution in [3.8, 4) is 6.07 Å². The largest absolute Gasteiger partial charge is 0.359 e. The summed E-state index contributed by atoms with van der Waals surface area (Å²) in [6.07, 6.45) is -0.541. The Morgan fingerprint density at radius 3 is 2.62 bits per heavy atom. The van der Waals surface area contributed by atoms with Gasteiger partial charge in [0, 0.05) is 7.11 Å². The molecule has 1 aromatic rings. The zero-order valence-corrected chi connectivity index (χ0v) is 7.43. The molecule has 0 aliphatic rings. The average Bonchev–Trinajstić information content (AvgIpc) is 2.21. The first kappa shape index (κ1) is 9.72. The van der Waals surface area contributed by atoms with Crippen molar-refractivity contribution in [3.05, 3.63) is 35.9 Å². The lowest BCUT2D eigenvalue weighted by molar-refractivity contribution is -0.0541. The minimum atomic E-state index is -0.541. The van der Waals surface area contributed by atoms with Crippen LogP contribution >= 0.6 is 0 Å². The second-order valence-corrected chi connectivity index (χ2v) is 2.49. The van der Waals surface area contributed by atoms with Crippen LogP contribution in [0, 0.1) is 11.3 Å². The van der Waals surface area contributed by atoms with Crippen LogP contribution in [0.25, 0.3) is 0 Å². The van der Waals surface area contributed by atoms with E-state index in [4.69, 9.17) is 14.7 Å². The first-order valence-electron chi connectivity index (χ1n) is 3.93. The summed E-state index contributed by atoms with van der Waals surface area (Å²) in [7, 11) is 1.53. The fourth-order valence-corrected chi connectivity index (χ4v) is 0.972. The predicted octanol–water partition coefficient (Wildman–Crippen LogP) is 1.87. The van der Waals surface area contributed by atoms with E-state index in [2.05, 4.69) is 6.07 Å². The number of methoxy groups -OCH3 is 1. The summed E-state index contributed by atoms with van der Waals surface area (Å²) in [4.78, 5) is 0. The van der Waals surface area contributed by atoms with Gasteiger partial charge in [-0.3, -0.25) is 0 Å². The van der Waals surface area contributed by atoms with Gasteiger partial charge in [-0.05, 0) is 5.56 Å². The molecule has 0 bridgehead atoms. The molecular formula is C10H11NO2. The molecule has 1 atom stereocenters. The summed E-state index contributed by atoms with van der Waals surface area (Å²) < 4.78 is 9.87. The van der Waals surface area contributed by atoms with Crippen LogP contribution < -0.4 is 0 Å². The maximum atomic E-state index is 8.78. The Balaban J connectivity index is 2.63. The second-order valence-electron chi connectivity index (χ2n) is 2.49. The Morgan fingerprint density at radius 1 is 1.38 bits per heavy atom. The van der Waals surface area contributed by atoms with Crippen molar-refractivity contribution in [2.24, 2.45) is 0 Å². The molecular weight excluding hydrogens is 166 g/mol. The highest BCUT2D eigenvalue weighted by molar-refractivity contribution is 5.21. The lowest BCUT2D eigenvalue weighted by atomic mass is 10.1. The number of hydrogen-bond donors (Lipinski definition) is 0. The van der Waals surface area contributed by atoms with Crippen LogP contribution in [0.5, 0.6) is 0 Å². The number of benzene rings is 1. The van der Waals surface area contributed by atoms with Gasteiger partial charge >= 0.3 is 0 Å². The highest BCUT2D eigenvalue weighted by atomic mass is 16.7. The molecule has 0 aliphatic heterocycles. The lowest BCUT2D eigenvalue weighted by Crippen LogP contribution is -2.04. The van der Waals surface area contributed by atoms with Gasteiger partial charge in [0.15, 0.2) is 6.10 Å². The van der Waals surface area contributed by atoms with Crippen molar-refractivity contribution in [1.82, 2.24) is 0 Å². The first-order chi connectivity index (χ1) is 6.38. The summed E-state index contributed by atoms with van der Waals surface area (Å²) in [5, 5.41) is 8.78. The van der Waals surface area contributed by atoms with Crippen LogP contribution in [0.4, 0.5) is 0 Å². The van der Waals surface area contributed by atoms with Crippen molar-refractivity contribution < 1.29 is 9.47 Å². The monoisotopic (exact) mass is 177 g/mol. The van der Waals surface area contributed by atoms with E-state index >= 15 is 0 Å². The van der Waals surface area contributed by atoms with Gasteiger partial charge in [0.2, 0.25) is 0 Å². The Hall–Kier alpha value is -1.37. The minimum Gasteiger partial charge on any atom is -0.359 e. The van der Waals surface area contributed by atoms with E-state index in [1.54, 1.807) is 0 Å². The molecule has 0 fully saturated rings. The van der Waals surface area contributed by atoms with Gasteiger partial charge in [0.25, 0.3) is 0 Å². The molecule has 0 spiro atoms. The van der Waals surface area contributed by atoms with Crippen LogP contribution in [0.15, 0.2) is 30.3 Å². The van der Waals surface area contributed by atoms with Gasteiger partial charge in [-0.2, -0.15) is 5.26 Å². The van der Waals surface area contributed by atoms with Gasteiger partial charge in [-0.1, -0.05) is 30.3 Å². The molecule has 0 unspecified atom stereocenters. The average molecular weight is 177 g/mol. The standard InChI is InChI=1S/C10H11NO2/c1-12-8-13-10(7-11)9-5-3-2-4-6-9/h2-6,10H,8H2,1H3/t10-/m0/s1. The molecule has 68 valence electrons. The molecule has 0 radical (unpaired) electrons. The third kappa shape index (κ3) is 2.86. The van der Waals surface area contributed by atoms with Crippen LogP contribution in [0.3, 0.4) is 0 Å². The van der Waals surface area contributed by atoms with Crippen molar-refractivity contribution in [2.75, 3.05) is 13.9 Å². The van der Waals surface area contributed by atoms with Gasteiger partial charge in [0.05, 0.1) is 6.07 Å². The van der Waals surface area contributed by atoms with E-state index in [-0.39, 0.29) is 6.79 Å². The molecule has 0 heterocycles. The number of nitriles is 1. The van der Waals surface area contributed by atoms with Crippen molar-refractivity contribution in [2.45, 2.75) is 6.10 Å². The van der Waals surface area contributed by atoms with E-state index in [0.29, 0.717) is 0 Å². The predicted molar refractivity (Wildman–Crippen MR) is 47.8 cm³/mol. The maximum Gasteiger partial charge on any atom is 0.171 e. The summed E-state index contributed by atoms with van der Waals surface area (Å²) in [5.41, 5.74) is 0.849. The highest BCUT2D eigenvalue weighted by Crippen LogP contribution is 2.15. The van der Waals surface area contributed by atoms with Gasteiger partial charge in [-0.25, -0.2) is 0 Å². The summed E-state index contributed by atoms with van der Waals surface area (Å²) in [5.74, 6) is 0. The molecule has 3 heteroatoms. The molecule has 0 N–H and O–H groups in total. The van der Waals surface area contributed by atoms with Crippen molar-refractivity contribution >= 4 is 0 Å². The Morgan fingerprint density at radius 2 is 2.08 bits per heavy atom. The van der Waals surface area contributed by atoms with Crippen LogP contribution in [0.1, 0.15) is 11.7 Å². The molecule has 1 rings (SSSR count). The molecule has 3 nitrogen and oxygen atoms in total. The molecule has 0 saturated heterocycles. The minimum absolute atomic E-state index is 0.132. The number of ether oxygens (including phenoxy) is 2. The van der Waals surface area contributed by atoms with Gasteiger partial charge in [-0.15, -0.1) is 0 Å². The Bertz CT molecular complexity index is 279. The molecule has 0 aliphatic carbocycles. The summed E-state index contributed by atoms with van der Waals surface area (Å²) >= 11 is 0. The number of rotatable bonds is 4. The topological polar surface area (TPSA) is 42.2 Å². The number of hydrogen-bond acceptors (Lipinski definition) is 3. The maximum absolute atomic E-state index is 8.78. The van der Waals surface area contributed by atoms with Crippen molar-refractivity contribution in [3.63, 3.8) is 0 Å². The molecule has 13 heavy (non-hydrogen) atoms. The Kier molecular flexibility index (Phi) is 3.97. The summed E-state index contributed by atoms with van der Waals surface area (Å²) in [6, 6.07) is 11.4. The Labute approximate surface area is 77.5 Å². The van der Waals surface area contributed by atoms with Crippen LogP contribution in [-0.2, 0) is 9.47 Å². The third-order valence-electron chi connectivity index (χ3n) is 1.57.